The van der Waals surface area contributed by atoms with E-state index in [0.29, 0.717) is 42.6 Å². The standard InChI is InChI=1S/C33H56O4Si/c1-10-36-31(35)15-11-13-23(2)28-18-19-29-25(14-12-20-33(28,29)7)16-17-26-21-27(22-30(34)24(26)3)37-38(8,9)32(4,5)6/h16-17,23,27-30,34H,3,10-15,18-22H2,1-2,4-9H3/b25-16+,26-17+/t23-,27-,28-,29+,30-,33-/m1/s1. The molecular formula is C33H56O4Si. The Labute approximate surface area is 234 Å². The third-order valence-corrected chi connectivity index (χ3v) is 15.1. The molecule has 0 aromatic heterocycles. The van der Waals surface area contributed by atoms with Crippen molar-refractivity contribution in [2.24, 2.45) is 23.2 Å². The van der Waals surface area contributed by atoms with Crippen LogP contribution < -0.4 is 0 Å². The maximum atomic E-state index is 11.8. The summed E-state index contributed by atoms with van der Waals surface area (Å²) >= 11 is 0. The minimum absolute atomic E-state index is 0.0579. The van der Waals surface area contributed by atoms with Gasteiger partial charge in [0.15, 0.2) is 8.32 Å². The molecule has 0 aromatic rings. The van der Waals surface area contributed by atoms with Gasteiger partial charge in [-0.1, -0.05) is 58.9 Å². The Morgan fingerprint density at radius 1 is 1.26 bits per heavy atom. The zero-order valence-electron chi connectivity index (χ0n) is 25.7. The molecule has 0 aromatic carbocycles. The van der Waals surface area contributed by atoms with Gasteiger partial charge in [-0.3, -0.25) is 4.79 Å². The second-order valence-electron chi connectivity index (χ2n) is 14.2. The number of rotatable bonds is 9. The summed E-state index contributed by atoms with van der Waals surface area (Å²) in [6.45, 7) is 23.0. The maximum absolute atomic E-state index is 11.8. The van der Waals surface area contributed by atoms with E-state index in [1.54, 1.807) is 5.57 Å². The molecule has 5 heteroatoms. The first-order valence-electron chi connectivity index (χ1n) is 15.3. The summed E-state index contributed by atoms with van der Waals surface area (Å²) in [4.78, 5) is 11.8. The van der Waals surface area contributed by atoms with Crippen LogP contribution in [0.15, 0.2) is 35.5 Å². The van der Waals surface area contributed by atoms with Crippen molar-refractivity contribution in [1.82, 2.24) is 0 Å². The molecule has 3 rings (SSSR count). The molecule has 3 saturated carbocycles. The molecule has 4 nitrogen and oxygen atoms in total. The molecule has 0 heterocycles. The third kappa shape index (κ3) is 7.12. The summed E-state index contributed by atoms with van der Waals surface area (Å²) in [5.74, 6) is 1.91. The number of aliphatic hydroxyl groups is 1. The summed E-state index contributed by atoms with van der Waals surface area (Å²) in [7, 11) is -1.90. The molecule has 0 spiro atoms. The van der Waals surface area contributed by atoms with Gasteiger partial charge in [0, 0.05) is 12.8 Å². The maximum Gasteiger partial charge on any atom is 0.305 e. The lowest BCUT2D eigenvalue weighted by Crippen LogP contribution is -2.46. The highest BCUT2D eigenvalue weighted by molar-refractivity contribution is 6.74. The molecule has 0 amide bonds. The van der Waals surface area contributed by atoms with E-state index in [0.717, 1.165) is 30.4 Å². The number of esters is 1. The molecule has 3 aliphatic rings. The fourth-order valence-electron chi connectivity index (χ4n) is 7.35. The van der Waals surface area contributed by atoms with E-state index in [9.17, 15) is 9.90 Å². The molecule has 38 heavy (non-hydrogen) atoms. The molecule has 0 bridgehead atoms. The van der Waals surface area contributed by atoms with E-state index >= 15 is 0 Å². The fraction of sp³-hybridized carbons (Fsp3) is 0.788. The zero-order valence-corrected chi connectivity index (χ0v) is 26.7. The highest BCUT2D eigenvalue weighted by Gasteiger charge is 2.50. The van der Waals surface area contributed by atoms with Gasteiger partial charge in [-0.2, -0.15) is 0 Å². The summed E-state index contributed by atoms with van der Waals surface area (Å²) in [6, 6.07) is 0. The lowest BCUT2D eigenvalue weighted by atomic mass is 9.60. The number of aliphatic hydroxyl groups excluding tert-OH is 1. The van der Waals surface area contributed by atoms with Gasteiger partial charge in [0.25, 0.3) is 0 Å². The van der Waals surface area contributed by atoms with Crippen LogP contribution in [0.3, 0.4) is 0 Å². The lowest BCUT2D eigenvalue weighted by Gasteiger charge is -2.44. The molecule has 0 saturated heterocycles. The van der Waals surface area contributed by atoms with Crippen LogP contribution in [0.25, 0.3) is 0 Å². The number of carbonyl (C=O) groups is 1. The highest BCUT2D eigenvalue weighted by atomic mass is 28.4. The van der Waals surface area contributed by atoms with E-state index in [-0.39, 0.29) is 17.1 Å². The van der Waals surface area contributed by atoms with Crippen molar-refractivity contribution >= 4 is 14.3 Å². The van der Waals surface area contributed by atoms with Gasteiger partial charge in [0.05, 0.1) is 18.8 Å². The highest BCUT2D eigenvalue weighted by Crippen LogP contribution is 2.60. The Morgan fingerprint density at radius 3 is 2.63 bits per heavy atom. The van der Waals surface area contributed by atoms with Gasteiger partial charge in [0.2, 0.25) is 0 Å². The van der Waals surface area contributed by atoms with Crippen molar-refractivity contribution in [3.63, 3.8) is 0 Å². The molecule has 0 unspecified atom stereocenters. The molecule has 6 atom stereocenters. The van der Waals surface area contributed by atoms with Crippen molar-refractivity contribution in [2.45, 2.75) is 136 Å². The predicted molar refractivity (Wildman–Crippen MR) is 160 cm³/mol. The van der Waals surface area contributed by atoms with Crippen molar-refractivity contribution in [3.05, 3.63) is 35.5 Å². The SMILES string of the molecule is C=C1/C(=C/C=C2\CCC[C@]3(C)[C@@H]([C@H](C)CCCC(=O)OCC)CC[C@@H]23)C[C@@H](O[Si](C)(C)C(C)(C)C)C[C@H]1O. The van der Waals surface area contributed by atoms with Gasteiger partial charge in [-0.25, -0.2) is 0 Å². The molecule has 0 aliphatic heterocycles. The Morgan fingerprint density at radius 2 is 1.97 bits per heavy atom. The molecule has 0 radical (unpaired) electrons. The van der Waals surface area contributed by atoms with Gasteiger partial charge >= 0.3 is 5.97 Å². The first kappa shape index (κ1) is 31.4. The number of hydrogen-bond acceptors (Lipinski definition) is 4. The van der Waals surface area contributed by atoms with Crippen LogP contribution in [0.1, 0.15) is 106 Å². The van der Waals surface area contributed by atoms with Gasteiger partial charge in [-0.15, -0.1) is 0 Å². The average Bonchev–Trinajstić information content (AvgIpc) is 3.17. The number of hydrogen-bond donors (Lipinski definition) is 1. The minimum Gasteiger partial charge on any atom is -0.466 e. The van der Waals surface area contributed by atoms with Crippen LogP contribution >= 0.6 is 0 Å². The molecule has 3 aliphatic carbocycles. The lowest BCUT2D eigenvalue weighted by molar-refractivity contribution is -0.143. The Bertz CT molecular complexity index is 910. The van der Waals surface area contributed by atoms with E-state index < -0.39 is 14.4 Å². The Balaban J connectivity index is 1.70. The van der Waals surface area contributed by atoms with E-state index in [1.165, 1.54) is 32.1 Å². The molecular weight excluding hydrogens is 488 g/mol. The van der Waals surface area contributed by atoms with Gasteiger partial charge < -0.3 is 14.3 Å². The zero-order chi connectivity index (χ0) is 28.3. The second kappa shape index (κ2) is 12.6. The third-order valence-electron chi connectivity index (χ3n) is 10.6. The van der Waals surface area contributed by atoms with Crippen molar-refractivity contribution in [3.8, 4) is 0 Å². The summed E-state index contributed by atoms with van der Waals surface area (Å²) in [5.41, 5.74) is 3.95. The smallest absolute Gasteiger partial charge is 0.305 e. The van der Waals surface area contributed by atoms with Crippen LogP contribution in [0, 0.1) is 23.2 Å². The van der Waals surface area contributed by atoms with Crippen molar-refractivity contribution < 1.29 is 19.1 Å². The minimum atomic E-state index is -1.90. The largest absolute Gasteiger partial charge is 0.466 e. The Hall–Kier alpha value is -1.17. The van der Waals surface area contributed by atoms with E-state index in [1.807, 2.05) is 6.92 Å². The van der Waals surface area contributed by atoms with Crippen molar-refractivity contribution in [2.75, 3.05) is 6.61 Å². The normalized spacial score (nSPS) is 33.4. The first-order chi connectivity index (χ1) is 17.7. The second-order valence-corrected chi connectivity index (χ2v) is 18.9. The summed E-state index contributed by atoms with van der Waals surface area (Å²) in [6.07, 6.45) is 14.5. The average molecular weight is 545 g/mol. The monoisotopic (exact) mass is 544 g/mol. The molecule has 3 fully saturated rings. The molecule has 1 N–H and O–H groups in total. The number of fused-ring (bicyclic) bond motifs is 1. The quantitative estimate of drug-likeness (QED) is 0.233. The van der Waals surface area contributed by atoms with Gasteiger partial charge in [-0.05, 0) is 111 Å². The van der Waals surface area contributed by atoms with E-state index in [2.05, 4.69) is 66.4 Å². The topological polar surface area (TPSA) is 55.8 Å². The van der Waals surface area contributed by atoms with Gasteiger partial charge in [0.1, 0.15) is 0 Å². The van der Waals surface area contributed by atoms with Crippen LogP contribution in [-0.2, 0) is 14.0 Å². The summed E-state index contributed by atoms with van der Waals surface area (Å²) < 4.78 is 11.8. The number of ether oxygens (including phenoxy) is 1. The van der Waals surface area contributed by atoms with Crippen LogP contribution in [0.4, 0.5) is 0 Å². The fourth-order valence-corrected chi connectivity index (χ4v) is 8.71. The van der Waals surface area contributed by atoms with Crippen LogP contribution in [0.5, 0.6) is 0 Å². The first-order valence-corrected chi connectivity index (χ1v) is 18.2. The van der Waals surface area contributed by atoms with Crippen LogP contribution in [-0.4, -0.2) is 38.2 Å². The summed E-state index contributed by atoms with van der Waals surface area (Å²) in [5, 5.41) is 11.0. The Kier molecular flexibility index (Phi) is 10.4. The molecule has 216 valence electrons. The number of carbonyl (C=O) groups excluding carboxylic acids is 1. The predicted octanol–water partition coefficient (Wildman–Crippen LogP) is 8.53. The number of allylic oxidation sites excluding steroid dienone is 3. The van der Waals surface area contributed by atoms with Crippen molar-refractivity contribution in [1.29, 1.82) is 0 Å². The van der Waals surface area contributed by atoms with Crippen LogP contribution in [0.2, 0.25) is 18.1 Å². The van der Waals surface area contributed by atoms with E-state index in [4.69, 9.17) is 9.16 Å².